The molecular formula is C16H18N4OS. The van der Waals surface area contributed by atoms with E-state index >= 15 is 0 Å². The van der Waals surface area contributed by atoms with E-state index in [-0.39, 0.29) is 6.10 Å². The average molecular weight is 314 g/mol. The number of aromatic nitrogens is 3. The summed E-state index contributed by atoms with van der Waals surface area (Å²) >= 11 is 1.70. The molecule has 1 atom stereocenters. The molecule has 0 fully saturated rings. The molecule has 6 heteroatoms. The highest BCUT2D eigenvalue weighted by Crippen LogP contribution is 2.32. The Morgan fingerprint density at radius 1 is 1.41 bits per heavy atom. The molecule has 4 rings (SSSR count). The normalized spacial score (nSPS) is 16.8. The lowest BCUT2D eigenvalue weighted by molar-refractivity contribution is 0.239. The van der Waals surface area contributed by atoms with Crippen LogP contribution in [0, 0.1) is 6.92 Å². The number of rotatable bonds is 3. The Balaban J connectivity index is 1.52. The second-order valence-corrected chi connectivity index (χ2v) is 6.77. The summed E-state index contributed by atoms with van der Waals surface area (Å²) < 4.78 is 9.03. The summed E-state index contributed by atoms with van der Waals surface area (Å²) in [5.74, 6) is 1.02. The average Bonchev–Trinajstić information content (AvgIpc) is 3.15. The van der Waals surface area contributed by atoms with E-state index in [0.717, 1.165) is 35.2 Å². The van der Waals surface area contributed by atoms with Crippen LogP contribution in [0.4, 0.5) is 5.13 Å². The molecule has 2 aromatic heterocycles. The van der Waals surface area contributed by atoms with Gasteiger partial charge in [0.1, 0.15) is 11.9 Å². The van der Waals surface area contributed by atoms with Gasteiger partial charge in [-0.15, -0.1) is 0 Å². The van der Waals surface area contributed by atoms with Crippen LogP contribution in [-0.2, 0) is 13.5 Å². The molecule has 0 spiro atoms. The standard InChI is InChI=1S/C16H18N4OS/c1-10-14-15(20(3)18-10)17-16(22-14)19(2)9-12-8-11-6-4-5-7-13(11)21-12/h4-7,12H,8-9H2,1-3H3. The fraction of sp³-hybridized carbons (Fsp3) is 0.375. The number of thiazole rings is 1. The van der Waals surface area contributed by atoms with E-state index < -0.39 is 0 Å². The van der Waals surface area contributed by atoms with Gasteiger partial charge in [-0.05, 0) is 18.6 Å². The number of aryl methyl sites for hydroxylation is 2. The molecular weight excluding hydrogens is 296 g/mol. The predicted octanol–water partition coefficient (Wildman–Crippen LogP) is 2.78. The Hall–Kier alpha value is -2.08. The van der Waals surface area contributed by atoms with Crippen molar-refractivity contribution in [2.75, 3.05) is 18.5 Å². The molecule has 0 N–H and O–H groups in total. The van der Waals surface area contributed by atoms with Gasteiger partial charge in [0, 0.05) is 20.5 Å². The van der Waals surface area contributed by atoms with Crippen molar-refractivity contribution >= 4 is 26.8 Å². The summed E-state index contributed by atoms with van der Waals surface area (Å²) in [6.45, 7) is 2.86. The van der Waals surface area contributed by atoms with Crippen LogP contribution in [0.5, 0.6) is 5.75 Å². The molecule has 3 heterocycles. The lowest BCUT2D eigenvalue weighted by atomic mass is 10.1. The fourth-order valence-electron chi connectivity index (χ4n) is 2.98. The number of anilines is 1. The summed E-state index contributed by atoms with van der Waals surface area (Å²) in [4.78, 5) is 6.89. The van der Waals surface area contributed by atoms with Crippen molar-refractivity contribution in [2.45, 2.75) is 19.4 Å². The van der Waals surface area contributed by atoms with Crippen molar-refractivity contribution in [3.05, 3.63) is 35.5 Å². The van der Waals surface area contributed by atoms with Gasteiger partial charge >= 0.3 is 0 Å². The number of hydrogen-bond donors (Lipinski definition) is 0. The second kappa shape index (κ2) is 4.98. The van der Waals surface area contributed by atoms with Crippen LogP contribution >= 0.6 is 11.3 Å². The Bertz CT molecular complexity index is 778. The zero-order valence-corrected chi connectivity index (χ0v) is 13.7. The van der Waals surface area contributed by atoms with E-state index in [1.165, 1.54) is 10.3 Å². The van der Waals surface area contributed by atoms with Gasteiger partial charge in [0.25, 0.3) is 0 Å². The predicted molar refractivity (Wildman–Crippen MR) is 89.0 cm³/mol. The van der Waals surface area contributed by atoms with Crippen molar-refractivity contribution in [1.82, 2.24) is 14.8 Å². The fourth-order valence-corrected chi connectivity index (χ4v) is 3.98. The van der Waals surface area contributed by atoms with Gasteiger partial charge in [-0.1, -0.05) is 29.5 Å². The first-order valence-corrected chi connectivity index (χ1v) is 8.19. The number of likely N-dealkylation sites (N-methyl/N-ethyl adjacent to an activating group) is 1. The van der Waals surface area contributed by atoms with Crippen molar-refractivity contribution in [1.29, 1.82) is 0 Å². The van der Waals surface area contributed by atoms with Crippen LogP contribution in [-0.4, -0.2) is 34.5 Å². The van der Waals surface area contributed by atoms with Crippen LogP contribution in [0.1, 0.15) is 11.3 Å². The summed E-state index contributed by atoms with van der Waals surface area (Å²) in [6.07, 6.45) is 1.15. The molecule has 114 valence electrons. The zero-order chi connectivity index (χ0) is 15.3. The summed E-state index contributed by atoms with van der Waals surface area (Å²) in [7, 11) is 4.02. The number of ether oxygens (including phenoxy) is 1. The minimum absolute atomic E-state index is 0.189. The highest BCUT2D eigenvalue weighted by molar-refractivity contribution is 7.22. The van der Waals surface area contributed by atoms with E-state index in [9.17, 15) is 0 Å². The van der Waals surface area contributed by atoms with Gasteiger partial charge in [-0.25, -0.2) is 9.67 Å². The smallest absolute Gasteiger partial charge is 0.187 e. The van der Waals surface area contributed by atoms with Crippen LogP contribution in [0.25, 0.3) is 10.3 Å². The third-order valence-electron chi connectivity index (χ3n) is 4.05. The van der Waals surface area contributed by atoms with E-state index in [1.807, 2.05) is 30.8 Å². The molecule has 0 saturated heterocycles. The first kappa shape index (κ1) is 13.6. The third-order valence-corrected chi connectivity index (χ3v) is 5.32. The molecule has 0 bridgehead atoms. The molecule has 0 amide bonds. The lowest BCUT2D eigenvalue weighted by Crippen LogP contribution is -2.31. The zero-order valence-electron chi connectivity index (χ0n) is 12.9. The number of hydrogen-bond acceptors (Lipinski definition) is 5. The van der Waals surface area contributed by atoms with Gasteiger partial charge in [0.15, 0.2) is 10.8 Å². The minimum atomic E-state index is 0.189. The first-order valence-electron chi connectivity index (χ1n) is 7.37. The second-order valence-electron chi connectivity index (χ2n) is 5.79. The summed E-state index contributed by atoms with van der Waals surface area (Å²) in [5, 5.41) is 5.42. The Morgan fingerprint density at radius 2 is 2.23 bits per heavy atom. The van der Waals surface area contributed by atoms with E-state index in [1.54, 1.807) is 11.3 Å². The highest BCUT2D eigenvalue weighted by atomic mass is 32.1. The highest BCUT2D eigenvalue weighted by Gasteiger charge is 2.25. The SMILES string of the molecule is Cc1nn(C)c2nc(N(C)CC3Cc4ccccc4O3)sc12. The molecule has 0 saturated carbocycles. The van der Waals surface area contributed by atoms with Crippen molar-refractivity contribution < 1.29 is 4.74 Å². The maximum absolute atomic E-state index is 6.02. The molecule has 5 nitrogen and oxygen atoms in total. The number of benzene rings is 1. The van der Waals surface area contributed by atoms with Crippen LogP contribution in [0.15, 0.2) is 24.3 Å². The van der Waals surface area contributed by atoms with Gasteiger partial charge in [-0.2, -0.15) is 5.10 Å². The van der Waals surface area contributed by atoms with Crippen molar-refractivity contribution in [2.24, 2.45) is 7.05 Å². The third kappa shape index (κ3) is 2.14. The quantitative estimate of drug-likeness (QED) is 0.745. The molecule has 22 heavy (non-hydrogen) atoms. The van der Waals surface area contributed by atoms with Crippen LogP contribution in [0.3, 0.4) is 0 Å². The monoisotopic (exact) mass is 314 g/mol. The summed E-state index contributed by atoms with van der Waals surface area (Å²) in [5.41, 5.74) is 3.30. The first-order chi connectivity index (χ1) is 10.6. The van der Waals surface area contributed by atoms with E-state index in [2.05, 4.69) is 29.2 Å². The molecule has 1 aliphatic heterocycles. The van der Waals surface area contributed by atoms with E-state index in [4.69, 9.17) is 9.72 Å². The lowest BCUT2D eigenvalue weighted by Gasteiger charge is -2.20. The Kier molecular flexibility index (Phi) is 3.07. The molecule has 3 aromatic rings. The van der Waals surface area contributed by atoms with Crippen LogP contribution in [0.2, 0.25) is 0 Å². The molecule has 1 unspecified atom stereocenters. The van der Waals surface area contributed by atoms with Crippen molar-refractivity contribution in [3.8, 4) is 5.75 Å². The number of nitrogens with zero attached hydrogens (tertiary/aromatic N) is 4. The van der Waals surface area contributed by atoms with Gasteiger partial charge in [0.2, 0.25) is 0 Å². The Morgan fingerprint density at radius 3 is 3.00 bits per heavy atom. The number of fused-ring (bicyclic) bond motifs is 2. The minimum Gasteiger partial charge on any atom is -0.488 e. The van der Waals surface area contributed by atoms with Gasteiger partial charge < -0.3 is 9.64 Å². The molecule has 1 aromatic carbocycles. The maximum atomic E-state index is 6.02. The topological polar surface area (TPSA) is 43.2 Å². The molecule has 1 aliphatic rings. The largest absolute Gasteiger partial charge is 0.488 e. The molecule has 0 aliphatic carbocycles. The number of para-hydroxylation sites is 1. The van der Waals surface area contributed by atoms with Crippen molar-refractivity contribution in [3.63, 3.8) is 0 Å². The van der Waals surface area contributed by atoms with Crippen LogP contribution < -0.4 is 9.64 Å². The molecule has 0 radical (unpaired) electrons. The van der Waals surface area contributed by atoms with E-state index in [0.29, 0.717) is 0 Å². The van der Waals surface area contributed by atoms with Gasteiger partial charge in [0.05, 0.1) is 16.9 Å². The Labute approximate surface area is 133 Å². The summed E-state index contributed by atoms with van der Waals surface area (Å²) in [6, 6.07) is 8.27. The van der Waals surface area contributed by atoms with Gasteiger partial charge in [-0.3, -0.25) is 0 Å². The maximum Gasteiger partial charge on any atom is 0.187 e.